The number of sulfonamides is 1. The van der Waals surface area contributed by atoms with Crippen LogP contribution in [0.15, 0.2) is 46.2 Å². The first-order chi connectivity index (χ1) is 11.6. The Morgan fingerprint density at radius 2 is 1.60 bits per heavy atom. The minimum Gasteiger partial charge on any atom is -0.325 e. The van der Waals surface area contributed by atoms with E-state index in [0.717, 1.165) is 16.0 Å². The highest BCUT2D eigenvalue weighted by atomic mass is 32.2. The van der Waals surface area contributed by atoms with E-state index in [4.69, 9.17) is 5.14 Å². The first-order valence-electron chi connectivity index (χ1n) is 7.76. The number of carbonyl (C=O) groups excluding carboxylic acids is 1. The molecule has 0 heterocycles. The van der Waals surface area contributed by atoms with Crippen molar-refractivity contribution in [1.82, 2.24) is 0 Å². The van der Waals surface area contributed by atoms with E-state index in [1.54, 1.807) is 0 Å². The first kappa shape index (κ1) is 19.5. The van der Waals surface area contributed by atoms with Crippen LogP contribution in [0.4, 0.5) is 5.69 Å². The van der Waals surface area contributed by atoms with Gasteiger partial charge in [0.05, 0.1) is 10.1 Å². The number of primary sulfonamides is 1. The average Bonchev–Trinajstić information content (AvgIpc) is 2.50. The number of carbonyl (C=O) groups is 1. The smallest absolute Gasteiger partial charge is 0.238 e. The fourth-order valence-corrected chi connectivity index (χ4v) is 4.08. The van der Waals surface area contributed by atoms with Gasteiger partial charge in [0.15, 0.2) is 0 Å². The monoisotopic (exact) mass is 378 g/mol. The van der Waals surface area contributed by atoms with Crippen molar-refractivity contribution in [1.29, 1.82) is 0 Å². The summed E-state index contributed by atoms with van der Waals surface area (Å²) < 4.78 is 22.5. The van der Waals surface area contributed by atoms with Gasteiger partial charge in [-0.1, -0.05) is 17.7 Å². The molecule has 0 spiro atoms. The highest BCUT2D eigenvalue weighted by molar-refractivity contribution is 8.00. The number of thioether (sulfide) groups is 1. The largest absolute Gasteiger partial charge is 0.325 e. The van der Waals surface area contributed by atoms with Gasteiger partial charge in [-0.2, -0.15) is 0 Å². The van der Waals surface area contributed by atoms with Crippen molar-refractivity contribution in [2.45, 2.75) is 42.7 Å². The van der Waals surface area contributed by atoms with Crippen molar-refractivity contribution < 1.29 is 13.2 Å². The van der Waals surface area contributed by atoms with E-state index in [2.05, 4.69) is 24.4 Å². The quantitative estimate of drug-likeness (QED) is 0.781. The number of hydrogen-bond acceptors (Lipinski definition) is 4. The minimum absolute atomic E-state index is 0.0128. The van der Waals surface area contributed by atoms with Crippen molar-refractivity contribution in [3.8, 4) is 0 Å². The molecule has 25 heavy (non-hydrogen) atoms. The van der Waals surface area contributed by atoms with Crippen molar-refractivity contribution in [2.24, 2.45) is 5.14 Å². The third-order valence-electron chi connectivity index (χ3n) is 3.72. The molecule has 3 N–H and O–H groups in total. The third-order valence-corrected chi connectivity index (χ3v) is 6.10. The topological polar surface area (TPSA) is 89.3 Å². The minimum atomic E-state index is -3.73. The van der Waals surface area contributed by atoms with Gasteiger partial charge in [-0.05, 0) is 63.1 Å². The molecule has 1 atom stereocenters. The van der Waals surface area contributed by atoms with E-state index >= 15 is 0 Å². The summed E-state index contributed by atoms with van der Waals surface area (Å²) in [5.74, 6) is -0.146. The van der Waals surface area contributed by atoms with Crippen molar-refractivity contribution in [3.05, 3.63) is 53.1 Å². The summed E-state index contributed by atoms with van der Waals surface area (Å²) >= 11 is 1.51. The maximum Gasteiger partial charge on any atom is 0.238 e. The number of anilines is 1. The van der Waals surface area contributed by atoms with E-state index in [1.165, 1.54) is 41.6 Å². The molecule has 0 radical (unpaired) electrons. The van der Waals surface area contributed by atoms with Crippen molar-refractivity contribution in [3.63, 3.8) is 0 Å². The molecule has 5 nitrogen and oxygen atoms in total. The Balaban J connectivity index is 2.08. The molecule has 0 aliphatic rings. The molecule has 2 aromatic rings. The summed E-state index contributed by atoms with van der Waals surface area (Å²) in [6, 6.07) is 10.0. The SMILES string of the molecule is Cc1cc(C)c(S[C@H](C)C(=O)Nc2ccc(S(N)(=O)=O)cc2)c(C)c1. The molecular formula is C18H22N2O3S2. The van der Waals surface area contributed by atoms with Crippen LogP contribution in [0, 0.1) is 20.8 Å². The standard InChI is InChI=1S/C18H22N2O3S2/c1-11-9-12(2)17(13(3)10-11)24-14(4)18(21)20-15-5-7-16(8-6-15)25(19,22)23/h5-10,14H,1-4H3,(H,20,21)(H2,19,22,23)/t14-/m1/s1. The zero-order valence-electron chi connectivity index (χ0n) is 14.7. The van der Waals surface area contributed by atoms with Crippen LogP contribution in [0.3, 0.4) is 0 Å². The van der Waals surface area contributed by atoms with Crippen LogP contribution in [-0.2, 0) is 14.8 Å². The number of rotatable bonds is 5. The Morgan fingerprint density at radius 3 is 2.08 bits per heavy atom. The van der Waals surface area contributed by atoms with Crippen LogP contribution >= 0.6 is 11.8 Å². The maximum atomic E-state index is 12.4. The molecule has 0 aliphatic carbocycles. The highest BCUT2D eigenvalue weighted by Crippen LogP contribution is 2.31. The van der Waals surface area contributed by atoms with Crippen LogP contribution in [0.5, 0.6) is 0 Å². The molecule has 0 aromatic heterocycles. The van der Waals surface area contributed by atoms with Gasteiger partial charge in [0.2, 0.25) is 15.9 Å². The third kappa shape index (κ3) is 5.07. The van der Waals surface area contributed by atoms with Crippen LogP contribution in [0.25, 0.3) is 0 Å². The second-order valence-electron chi connectivity index (χ2n) is 6.05. The fraction of sp³-hybridized carbons (Fsp3) is 0.278. The molecule has 0 fully saturated rings. The lowest BCUT2D eigenvalue weighted by Gasteiger charge is -2.16. The number of hydrogen-bond donors (Lipinski definition) is 2. The molecule has 2 aromatic carbocycles. The van der Waals surface area contributed by atoms with Gasteiger partial charge in [-0.25, -0.2) is 13.6 Å². The molecule has 2 rings (SSSR count). The zero-order valence-corrected chi connectivity index (χ0v) is 16.3. The summed E-state index contributed by atoms with van der Waals surface area (Å²) in [6.45, 7) is 7.98. The summed E-state index contributed by atoms with van der Waals surface area (Å²) in [6.07, 6.45) is 0. The van der Waals surface area contributed by atoms with E-state index in [9.17, 15) is 13.2 Å². The van der Waals surface area contributed by atoms with Crippen LogP contribution < -0.4 is 10.5 Å². The Morgan fingerprint density at radius 1 is 1.08 bits per heavy atom. The zero-order chi connectivity index (χ0) is 18.8. The molecule has 7 heteroatoms. The van der Waals surface area contributed by atoms with E-state index in [-0.39, 0.29) is 16.1 Å². The van der Waals surface area contributed by atoms with Gasteiger partial charge in [0.25, 0.3) is 0 Å². The maximum absolute atomic E-state index is 12.4. The van der Waals surface area contributed by atoms with Crippen molar-refractivity contribution >= 4 is 33.4 Å². The highest BCUT2D eigenvalue weighted by Gasteiger charge is 2.17. The number of nitrogens with two attached hydrogens (primary N) is 1. The van der Waals surface area contributed by atoms with E-state index < -0.39 is 10.0 Å². The van der Waals surface area contributed by atoms with Crippen LogP contribution in [-0.4, -0.2) is 19.6 Å². The predicted molar refractivity (Wildman–Crippen MR) is 102 cm³/mol. The average molecular weight is 379 g/mol. The number of amides is 1. The predicted octanol–water partition coefficient (Wildman–Crippen LogP) is 3.38. The molecule has 0 aliphatic heterocycles. The molecule has 134 valence electrons. The number of benzene rings is 2. The Bertz CT molecular complexity index is 868. The second kappa shape index (κ2) is 7.59. The van der Waals surface area contributed by atoms with Gasteiger partial charge in [0.1, 0.15) is 0 Å². The number of aryl methyl sites for hydroxylation is 3. The molecule has 0 bridgehead atoms. The van der Waals surface area contributed by atoms with Gasteiger partial charge in [-0.15, -0.1) is 11.8 Å². The first-order valence-corrected chi connectivity index (χ1v) is 10.2. The van der Waals surface area contributed by atoms with Gasteiger partial charge >= 0.3 is 0 Å². The summed E-state index contributed by atoms with van der Waals surface area (Å²) in [5, 5.41) is 7.56. The van der Waals surface area contributed by atoms with E-state index in [1.807, 2.05) is 20.8 Å². The lowest BCUT2D eigenvalue weighted by atomic mass is 10.1. The fourth-order valence-electron chi connectivity index (χ4n) is 2.55. The summed E-state index contributed by atoms with van der Waals surface area (Å²) in [5.41, 5.74) is 4.04. The van der Waals surface area contributed by atoms with Crippen LogP contribution in [0.2, 0.25) is 0 Å². The Labute approximate surface area is 153 Å². The van der Waals surface area contributed by atoms with E-state index in [0.29, 0.717) is 5.69 Å². The van der Waals surface area contributed by atoms with Crippen LogP contribution in [0.1, 0.15) is 23.6 Å². The normalized spacial score (nSPS) is 12.7. The number of nitrogens with one attached hydrogen (secondary N) is 1. The Hall–Kier alpha value is -1.83. The van der Waals surface area contributed by atoms with Crippen molar-refractivity contribution in [2.75, 3.05) is 5.32 Å². The van der Waals surface area contributed by atoms with Gasteiger partial charge in [-0.3, -0.25) is 4.79 Å². The Kier molecular flexibility index (Phi) is 5.92. The van der Waals surface area contributed by atoms with Gasteiger partial charge in [0, 0.05) is 10.6 Å². The summed E-state index contributed by atoms with van der Waals surface area (Å²) in [7, 11) is -3.73. The second-order valence-corrected chi connectivity index (χ2v) is 8.96. The molecular weight excluding hydrogens is 356 g/mol. The lowest BCUT2D eigenvalue weighted by molar-refractivity contribution is -0.115. The lowest BCUT2D eigenvalue weighted by Crippen LogP contribution is -2.22. The molecule has 0 saturated heterocycles. The molecule has 1 amide bonds. The summed E-state index contributed by atoms with van der Waals surface area (Å²) in [4.78, 5) is 13.5. The molecule has 0 unspecified atom stereocenters. The molecule has 0 saturated carbocycles. The van der Waals surface area contributed by atoms with Gasteiger partial charge < -0.3 is 5.32 Å².